The van der Waals surface area contributed by atoms with Crippen LogP contribution in [-0.2, 0) is 23.4 Å². The number of alkyl carbamates (subject to hydrolysis) is 1. The van der Waals surface area contributed by atoms with E-state index in [1.54, 1.807) is 12.1 Å². The first-order valence-electron chi connectivity index (χ1n) is 17.3. The van der Waals surface area contributed by atoms with E-state index in [2.05, 4.69) is 41.5 Å². The second kappa shape index (κ2) is 13.3. The molecule has 0 aliphatic heterocycles. The lowest BCUT2D eigenvalue weighted by Crippen LogP contribution is -2.52. The highest BCUT2D eigenvalue weighted by Crippen LogP contribution is 2.68. The summed E-state index contributed by atoms with van der Waals surface area (Å²) in [6.45, 7) is 5.53. The predicted molar refractivity (Wildman–Crippen MR) is 188 cm³/mol. The van der Waals surface area contributed by atoms with Crippen LogP contribution in [0.15, 0.2) is 91.0 Å². The van der Waals surface area contributed by atoms with Crippen LogP contribution < -0.4 is 16.4 Å². The molecule has 0 aromatic heterocycles. The molecule has 256 valence electrons. The van der Waals surface area contributed by atoms with Gasteiger partial charge in [-0.2, -0.15) is 0 Å². The summed E-state index contributed by atoms with van der Waals surface area (Å²) in [5.74, 6) is -1.09. The molecule has 0 saturated heterocycles. The van der Waals surface area contributed by atoms with Gasteiger partial charge in [0.25, 0.3) is 0 Å². The minimum absolute atomic E-state index is 0.0172. The Balaban J connectivity index is 1.18. The van der Waals surface area contributed by atoms with Crippen molar-refractivity contribution in [3.05, 3.63) is 108 Å². The molecule has 0 radical (unpaired) electrons. The Bertz CT molecular complexity index is 1750. The van der Waals surface area contributed by atoms with Gasteiger partial charge in [0.05, 0.1) is 11.8 Å². The molecule has 49 heavy (non-hydrogen) atoms. The minimum atomic E-state index is -3.98. The number of carbonyl (C=O) groups excluding carboxylic acids is 3. The summed E-state index contributed by atoms with van der Waals surface area (Å²) in [6, 6.07) is 24.3. The van der Waals surface area contributed by atoms with Crippen LogP contribution in [0.2, 0.25) is 0 Å². The molecule has 3 amide bonds. The quantitative estimate of drug-likeness (QED) is 0.139. The molecule has 4 N–H and O–H groups in total. The van der Waals surface area contributed by atoms with Gasteiger partial charge >= 0.3 is 6.09 Å². The first-order chi connectivity index (χ1) is 23.5. The Kier molecular flexibility index (Phi) is 9.01. The normalized spacial score (nSPS) is 25.7. The number of primary amides is 1. The van der Waals surface area contributed by atoms with E-state index in [-0.39, 0.29) is 24.3 Å². The van der Waals surface area contributed by atoms with Gasteiger partial charge in [0.1, 0.15) is 18.4 Å². The lowest BCUT2D eigenvalue weighted by Gasteiger charge is -2.57. The smallest absolute Gasteiger partial charge is 0.408 e. The van der Waals surface area contributed by atoms with Crippen molar-refractivity contribution in [2.75, 3.05) is 12.8 Å². The Labute approximate surface area is 287 Å². The number of amides is 3. The van der Waals surface area contributed by atoms with E-state index in [0.29, 0.717) is 23.3 Å². The SMILES string of the molecule is C=C(CP(=O)(OC12CC3CC(CC(C3)C1)C2)[C@@H](NC(=O)OCC1c2ccccc2-c2ccccc21)c1ccccc1)C(=O)N[C@@H](C)C(N)=O. The van der Waals surface area contributed by atoms with Crippen LogP contribution in [0.1, 0.15) is 73.8 Å². The van der Waals surface area contributed by atoms with Crippen molar-refractivity contribution >= 4 is 25.3 Å². The van der Waals surface area contributed by atoms with Crippen LogP contribution >= 0.6 is 7.37 Å². The zero-order chi connectivity index (χ0) is 34.3. The Morgan fingerprint density at radius 1 is 0.857 bits per heavy atom. The van der Waals surface area contributed by atoms with E-state index in [9.17, 15) is 14.4 Å². The molecule has 9 nitrogen and oxygen atoms in total. The van der Waals surface area contributed by atoms with E-state index in [1.807, 2.05) is 42.5 Å². The molecule has 10 heteroatoms. The monoisotopic (exact) mass is 681 g/mol. The first kappa shape index (κ1) is 33.3. The molecule has 5 aliphatic rings. The van der Waals surface area contributed by atoms with Crippen LogP contribution in [0.4, 0.5) is 4.79 Å². The number of benzene rings is 3. The number of rotatable bonds is 12. The summed E-state index contributed by atoms with van der Waals surface area (Å²) in [7, 11) is -3.98. The van der Waals surface area contributed by atoms with Crippen molar-refractivity contribution < 1.29 is 28.2 Å². The van der Waals surface area contributed by atoms with Crippen LogP contribution in [0.5, 0.6) is 0 Å². The van der Waals surface area contributed by atoms with E-state index >= 15 is 4.57 Å². The summed E-state index contributed by atoms with van der Waals surface area (Å²) < 4.78 is 28.5. The zero-order valence-electron chi connectivity index (χ0n) is 27.8. The van der Waals surface area contributed by atoms with E-state index in [4.69, 9.17) is 15.0 Å². The fraction of sp³-hybridized carbons (Fsp3) is 0.410. The summed E-state index contributed by atoms with van der Waals surface area (Å²) in [5, 5.41) is 5.48. The lowest BCUT2D eigenvalue weighted by molar-refractivity contribution is -0.125. The molecule has 0 heterocycles. The topological polar surface area (TPSA) is 137 Å². The molecular weight excluding hydrogens is 637 g/mol. The van der Waals surface area contributed by atoms with Crippen LogP contribution in [-0.4, -0.2) is 42.3 Å². The summed E-state index contributed by atoms with van der Waals surface area (Å²) in [6.07, 6.45) is 4.82. The standard InChI is InChI=1S/C39H44N3O6P/c1-24(36(44)41-25(2)35(40)43)23-49(46,48-39-19-26-16-27(20-39)18-28(17-26)21-39)37(29-10-4-3-5-11-29)42-38(45)47-22-34-32-14-8-6-12-30(32)31-13-7-9-15-33(31)34/h3-15,25-28,34,37H,1,16-23H2,2H3,(H2,40,43)(H,41,44)(H,42,45)/t25-,26?,27?,28?,37+,39?,49?/m0/s1. The van der Waals surface area contributed by atoms with Gasteiger partial charge in [0.2, 0.25) is 19.2 Å². The maximum atomic E-state index is 15.6. The van der Waals surface area contributed by atoms with Crippen LogP contribution in [0, 0.1) is 17.8 Å². The highest BCUT2D eigenvalue weighted by Gasteiger charge is 2.55. The summed E-state index contributed by atoms with van der Waals surface area (Å²) >= 11 is 0. The van der Waals surface area contributed by atoms with Gasteiger partial charge in [-0.1, -0.05) is 85.4 Å². The van der Waals surface area contributed by atoms with Gasteiger partial charge in [0, 0.05) is 11.5 Å². The number of hydrogen-bond acceptors (Lipinski definition) is 6. The number of hydrogen-bond donors (Lipinski definition) is 3. The summed E-state index contributed by atoms with van der Waals surface area (Å²) in [4.78, 5) is 38.7. The van der Waals surface area contributed by atoms with Gasteiger partial charge in [-0.25, -0.2) is 4.79 Å². The third kappa shape index (κ3) is 6.71. The number of carbonyl (C=O) groups is 3. The van der Waals surface area contributed by atoms with E-state index in [1.165, 1.54) is 6.92 Å². The molecule has 4 fully saturated rings. The van der Waals surface area contributed by atoms with Crippen LogP contribution in [0.3, 0.4) is 0 Å². The number of ether oxygens (including phenoxy) is 1. The molecule has 4 bridgehead atoms. The predicted octanol–water partition coefficient (Wildman–Crippen LogP) is 7.03. The van der Waals surface area contributed by atoms with Gasteiger partial charge in [0.15, 0.2) is 0 Å². The average molecular weight is 682 g/mol. The Morgan fingerprint density at radius 3 is 1.94 bits per heavy atom. The maximum Gasteiger partial charge on any atom is 0.408 e. The van der Waals surface area contributed by atoms with Crippen LogP contribution in [0.25, 0.3) is 11.1 Å². The number of nitrogens with one attached hydrogen (secondary N) is 2. The minimum Gasteiger partial charge on any atom is -0.449 e. The fourth-order valence-electron chi connectivity index (χ4n) is 9.15. The average Bonchev–Trinajstić information content (AvgIpc) is 3.39. The molecule has 1 unspecified atom stereocenters. The summed E-state index contributed by atoms with van der Waals surface area (Å²) in [5.41, 5.74) is 9.73. The largest absolute Gasteiger partial charge is 0.449 e. The van der Waals surface area contributed by atoms with Crippen molar-refractivity contribution in [3.63, 3.8) is 0 Å². The van der Waals surface area contributed by atoms with Crippen molar-refractivity contribution in [1.29, 1.82) is 0 Å². The van der Waals surface area contributed by atoms with Crippen molar-refractivity contribution in [3.8, 4) is 11.1 Å². The molecule has 0 spiro atoms. The molecule has 8 rings (SSSR count). The molecular formula is C39H44N3O6P. The Morgan fingerprint density at radius 2 is 1.39 bits per heavy atom. The van der Waals surface area contributed by atoms with Crippen molar-refractivity contribution in [1.82, 2.24) is 10.6 Å². The molecule has 3 aromatic carbocycles. The second-order valence-corrected chi connectivity index (χ2v) is 17.0. The third-order valence-corrected chi connectivity index (χ3v) is 13.7. The second-order valence-electron chi connectivity index (χ2n) is 14.6. The number of nitrogens with two attached hydrogens (primary N) is 1. The number of fused-ring (bicyclic) bond motifs is 3. The Hall–Kier alpha value is -4.20. The van der Waals surface area contributed by atoms with Crippen molar-refractivity contribution in [2.24, 2.45) is 23.5 Å². The van der Waals surface area contributed by atoms with E-state index < -0.39 is 42.7 Å². The zero-order valence-corrected chi connectivity index (χ0v) is 28.7. The fourth-order valence-corrected chi connectivity index (χ4v) is 12.0. The van der Waals surface area contributed by atoms with Gasteiger partial charge < -0.3 is 25.6 Å². The molecule has 4 saturated carbocycles. The third-order valence-electron chi connectivity index (χ3n) is 10.9. The highest BCUT2D eigenvalue weighted by atomic mass is 31.2. The van der Waals surface area contributed by atoms with E-state index in [0.717, 1.165) is 60.8 Å². The highest BCUT2D eigenvalue weighted by molar-refractivity contribution is 7.59. The van der Waals surface area contributed by atoms with Gasteiger partial charge in [-0.15, -0.1) is 0 Å². The van der Waals surface area contributed by atoms with Crippen molar-refractivity contribution in [2.45, 2.75) is 68.8 Å². The molecule has 3 atom stereocenters. The lowest BCUT2D eigenvalue weighted by atomic mass is 9.54. The molecule has 3 aromatic rings. The van der Waals surface area contributed by atoms with Gasteiger partial charge in [-0.05, 0) is 91.0 Å². The first-order valence-corrected chi connectivity index (χ1v) is 19.1. The maximum absolute atomic E-state index is 15.6. The van der Waals surface area contributed by atoms with Gasteiger partial charge in [-0.3, -0.25) is 14.2 Å². The molecule has 5 aliphatic carbocycles.